The minimum absolute atomic E-state index is 0. The fourth-order valence-electron chi connectivity index (χ4n) is 0.417. The van der Waals surface area contributed by atoms with E-state index in [0.717, 1.165) is 0 Å². The van der Waals surface area contributed by atoms with Crippen molar-refractivity contribution in [2.24, 2.45) is 0 Å². The van der Waals surface area contributed by atoms with E-state index in [-0.39, 0.29) is 92.9 Å². The summed E-state index contributed by atoms with van der Waals surface area (Å²) in [6, 6.07) is 0. The molecular formula is C58H82Mo3N9O27-15. The van der Waals surface area contributed by atoms with Crippen LogP contribution in [0.3, 0.4) is 0 Å². The Balaban J connectivity index is -0.0000000251. The van der Waals surface area contributed by atoms with E-state index in [1.165, 1.54) is 125 Å². The van der Waals surface area contributed by atoms with Gasteiger partial charge < -0.3 is 147 Å². The maximum Gasteiger partial charge on any atom is 0.390 e. The van der Waals surface area contributed by atoms with Gasteiger partial charge in [-0.05, 0) is 0 Å². The van der Waals surface area contributed by atoms with Crippen LogP contribution in [0.15, 0.2) is 0 Å². The summed E-state index contributed by atoms with van der Waals surface area (Å²) in [5.41, 5.74) is -11.9. The molecule has 0 bridgehead atoms. The fraction of sp³-hybridized carbons (Fsp3) is 0.534. The van der Waals surface area contributed by atoms with Gasteiger partial charge in [0.25, 0.3) is 33.2 Å². The average molecular weight is 1630 g/mol. The molecule has 97 heavy (non-hydrogen) atoms. The minimum atomic E-state index is -1.36. The second-order valence-electron chi connectivity index (χ2n) is 17.7. The quantitative estimate of drug-likeness (QED) is 0.141. The number of carboxylic acids is 9. The van der Waals surface area contributed by atoms with Crippen LogP contribution in [-0.4, -0.2) is 180 Å². The van der Waals surface area contributed by atoms with Crippen molar-refractivity contribution in [3.63, 3.8) is 0 Å². The number of carboxylic acid groups (broad SMARTS) is 9. The zero-order valence-corrected chi connectivity index (χ0v) is 59.1. The van der Waals surface area contributed by atoms with Gasteiger partial charge in [-0.15, -0.1) is 0 Å². The summed E-state index contributed by atoms with van der Waals surface area (Å²) in [6.45, 7) is 110. The van der Waals surface area contributed by atoms with Gasteiger partial charge in [-0.3, -0.25) is 75.6 Å². The molecular weight excluding hydrogens is 1540 g/mol. The molecule has 0 aromatic rings. The number of nitrogens with zero attached hydrogens (tertiary/aromatic N) is 9. The second-order valence-corrected chi connectivity index (χ2v) is 17.7. The molecule has 3 N–H and O–H groups in total. The van der Waals surface area contributed by atoms with Gasteiger partial charge in [-0.25, -0.2) is 73.5 Å². The number of carbonyl (C=O) groups is 9. The smallest absolute Gasteiger partial charge is 0.390 e. The monoisotopic (exact) mass is 1630 g/mol. The Morgan fingerprint density at radius 3 is 0.268 bits per heavy atom. The summed E-state index contributed by atoms with van der Waals surface area (Å²) in [7, 11) is 0. The molecule has 0 unspecified atom stereocenters. The van der Waals surface area contributed by atoms with Crippen LogP contribution in [0.4, 0.5) is 0 Å². The first-order chi connectivity index (χ1) is 40.5. The zero-order chi connectivity index (χ0) is 79.1. The summed E-state index contributed by atoms with van der Waals surface area (Å²) in [5.74, 6) is -11.2. The van der Waals surface area contributed by atoms with Crippen molar-refractivity contribution in [2.45, 2.75) is 204 Å². The van der Waals surface area contributed by atoms with E-state index in [4.69, 9.17) is 118 Å². The predicted molar refractivity (Wildman–Crippen MR) is 327 cm³/mol. The molecule has 0 saturated carbocycles. The molecule has 0 atom stereocenters. The van der Waals surface area contributed by atoms with Crippen molar-refractivity contribution in [1.29, 1.82) is 0 Å². The third-order valence-electron chi connectivity index (χ3n) is 7.08. The Labute approximate surface area is 613 Å². The van der Waals surface area contributed by atoms with Gasteiger partial charge in [0.1, 0.15) is 35.8 Å². The summed E-state index contributed by atoms with van der Waals surface area (Å²) >= 11 is 0. The molecule has 0 aromatic carbocycles. The van der Waals surface area contributed by atoms with Crippen molar-refractivity contribution in [3.8, 4) is 0 Å². The topological polar surface area (TPSA) is 546 Å². The van der Waals surface area contributed by atoms with E-state index in [0.29, 0.717) is 0 Å². The molecule has 0 heterocycles. The number of aliphatic carboxylic acids is 9. The summed E-state index contributed by atoms with van der Waals surface area (Å²) in [4.78, 5) is 185. The Bertz CT molecular complexity index is 1980. The standard InChI is InChI=1S/9C5H7NO2.9CHO.4CH4.3Mo/c9*1-5(2,6-3)4(7)8;9*1-2;;;;;;;/h9*1-2H3,(H,7,8);9*1H;4*1H4;;;/q;;;;;;;;;9*-1;;;;;;;/p-6. The Hall–Kier alpha value is -10.3. The van der Waals surface area contributed by atoms with Gasteiger partial charge in [-0.2, -0.15) is 0 Å². The molecule has 0 radical (unpaired) electrons. The summed E-state index contributed by atoms with van der Waals surface area (Å²) in [6.07, 6.45) is 0. The van der Waals surface area contributed by atoms with Gasteiger partial charge in [0, 0.05) is 188 Å². The Morgan fingerprint density at radius 2 is 0.268 bits per heavy atom. The first-order valence-corrected chi connectivity index (χ1v) is 21.1. The largest absolute Gasteiger partial charge is 0.545 e. The number of carbonyl (C=O) groups excluding carboxylic acids is 15. The van der Waals surface area contributed by atoms with Crippen LogP contribution in [0.1, 0.15) is 154 Å². The van der Waals surface area contributed by atoms with Crippen LogP contribution in [-0.2, 0) is 149 Å². The van der Waals surface area contributed by atoms with Crippen LogP contribution >= 0.6 is 0 Å². The van der Waals surface area contributed by atoms with E-state index >= 15 is 0 Å². The second kappa shape index (κ2) is 96.8. The van der Waals surface area contributed by atoms with E-state index in [1.54, 1.807) is 0 Å². The molecule has 36 nitrogen and oxygen atoms in total. The molecule has 39 heteroatoms. The molecule has 0 aromatic heterocycles. The molecule has 0 aliphatic heterocycles. The van der Waals surface area contributed by atoms with E-state index < -0.39 is 104 Å². The molecule has 554 valence electrons. The molecule has 0 aliphatic carbocycles. The molecule has 0 aliphatic rings. The van der Waals surface area contributed by atoms with Crippen LogP contribution in [0.5, 0.6) is 0 Å². The number of rotatable bonds is 9. The minimum Gasteiger partial charge on any atom is -0.545 e. The predicted octanol–water partition coefficient (Wildman–Crippen LogP) is -1.02. The van der Waals surface area contributed by atoms with Crippen LogP contribution in [0.2, 0.25) is 0 Å². The van der Waals surface area contributed by atoms with Crippen molar-refractivity contribution in [1.82, 2.24) is 0 Å². The average Bonchev–Trinajstić information content (AvgIpc) is 3.52. The van der Waals surface area contributed by atoms with Crippen molar-refractivity contribution >= 4 is 115 Å². The van der Waals surface area contributed by atoms with Gasteiger partial charge in [0.15, 0.2) is 0 Å². The summed E-state index contributed by atoms with van der Waals surface area (Å²) < 4.78 is 0. The van der Waals surface area contributed by atoms with Gasteiger partial charge in [0.2, 0.25) is 0 Å². The van der Waals surface area contributed by atoms with Crippen LogP contribution in [0, 0.1) is 59.1 Å². The number of hydrogen-bond donors (Lipinski definition) is 3. The third-order valence-corrected chi connectivity index (χ3v) is 7.08. The SMILES string of the molecule is C.C.C.C.[C-]#[N+]C(C)(C)C(=O)O.[C-]#[N+]C(C)(C)C(=O)O.[C-]#[N+]C(C)(C)C(=O)O.[C-]#[N+]C(C)(C)C(=O)[O-].[C-]#[N+]C(C)(C)C(=O)[O-].[C-]#[N+]C(C)(C)C(=O)[O-].[C-]#[N+]C(C)(C)C(=O)[O-].[C-]#[N+]C(C)(C)C(=O)[O-].[C-]#[N+]C(C)(C)C(=O)[O-].[CH-]=O.[CH-]=O.[CH-]=O.[CH-]=O.[CH-]=O.[CH-]=O.[CH-]=O.[CH-]=O.[CH-]=O.[Mo].[Mo].[Mo]. The molecule has 0 fully saturated rings. The maximum absolute atomic E-state index is 10.0. The molecule has 0 spiro atoms. The van der Waals surface area contributed by atoms with E-state index in [1.807, 2.05) is 0 Å². The van der Waals surface area contributed by atoms with Gasteiger partial charge >= 0.3 is 34.5 Å². The van der Waals surface area contributed by atoms with E-state index in [9.17, 15) is 73.8 Å². The van der Waals surface area contributed by atoms with Gasteiger partial charge in [-0.1, -0.05) is 29.7 Å². The molecule has 0 saturated heterocycles. The van der Waals surface area contributed by atoms with Crippen LogP contribution in [0.25, 0.3) is 43.6 Å². The Kier molecular flexibility index (Phi) is 167. The molecule has 0 rings (SSSR count). The van der Waals surface area contributed by atoms with E-state index in [2.05, 4.69) is 105 Å². The third kappa shape index (κ3) is 120. The van der Waals surface area contributed by atoms with Crippen LogP contribution < -0.4 is 30.6 Å². The summed E-state index contributed by atoms with van der Waals surface area (Å²) in [5, 5.41) is 84.2. The fourth-order valence-corrected chi connectivity index (χ4v) is 0.417. The van der Waals surface area contributed by atoms with Crippen molar-refractivity contribution < 1.29 is 195 Å². The first-order valence-electron chi connectivity index (χ1n) is 21.1. The molecule has 0 amide bonds. The van der Waals surface area contributed by atoms with Crippen molar-refractivity contribution in [3.05, 3.63) is 103 Å². The maximum atomic E-state index is 10.0. The number of hydrogen-bond acceptors (Lipinski definition) is 24. The first kappa shape index (κ1) is 167. The van der Waals surface area contributed by atoms with Crippen molar-refractivity contribution in [2.75, 3.05) is 0 Å². The Morgan fingerprint density at radius 1 is 0.216 bits per heavy atom. The zero-order valence-electron chi connectivity index (χ0n) is 53.1. The normalized spacial score (nSPS) is 7.89. The van der Waals surface area contributed by atoms with Gasteiger partial charge in [0.05, 0.1) is 0 Å².